The number of hydrogen-bond acceptors (Lipinski definition) is 2. The summed E-state index contributed by atoms with van der Waals surface area (Å²) in [5.41, 5.74) is 3.35. The second-order valence-corrected chi connectivity index (χ2v) is 8.63. The van der Waals surface area contributed by atoms with Gasteiger partial charge in [0.05, 0.1) is 15.1 Å². The lowest BCUT2D eigenvalue weighted by Crippen LogP contribution is -2.45. The van der Waals surface area contributed by atoms with Gasteiger partial charge in [-0.3, -0.25) is 0 Å². The summed E-state index contributed by atoms with van der Waals surface area (Å²) in [6, 6.07) is 6.46. The summed E-state index contributed by atoms with van der Waals surface area (Å²) in [4.78, 5) is 1.43. The molecule has 0 radical (unpaired) electrons. The Bertz CT molecular complexity index is 935. The summed E-state index contributed by atoms with van der Waals surface area (Å²) in [5.74, 6) is -3.18. The highest BCUT2D eigenvalue weighted by Crippen LogP contribution is 2.50. The monoisotopic (exact) mass is 486 g/mol. The maximum absolute atomic E-state index is 14.3. The Labute approximate surface area is 185 Å². The van der Waals surface area contributed by atoms with E-state index in [1.165, 1.54) is 23.1 Å². The Morgan fingerprint density at radius 3 is 2.13 bits per heavy atom. The van der Waals surface area contributed by atoms with E-state index in [2.05, 4.69) is 0 Å². The second-order valence-electron chi connectivity index (χ2n) is 7.44. The first-order valence-electron chi connectivity index (χ1n) is 8.98. The van der Waals surface area contributed by atoms with Crippen molar-refractivity contribution >= 4 is 40.5 Å². The third kappa shape index (κ3) is 4.09. The van der Waals surface area contributed by atoms with Gasteiger partial charge in [-0.2, -0.15) is 13.2 Å². The van der Waals surface area contributed by atoms with Crippen LogP contribution in [0.15, 0.2) is 30.3 Å². The predicted octanol–water partition coefficient (Wildman–Crippen LogP) is 6.93. The van der Waals surface area contributed by atoms with E-state index in [4.69, 9.17) is 40.5 Å². The van der Waals surface area contributed by atoms with E-state index in [1.807, 2.05) is 0 Å². The lowest BCUT2D eigenvalue weighted by Gasteiger charge is -2.33. The first kappa shape index (κ1) is 23.4. The highest BCUT2D eigenvalue weighted by atomic mass is 35.5. The molecule has 2 aromatic carbocycles. The standard InChI is InChI=1S/C20H18Cl3F5N2/c1-18(24,25)14-8-13(3-2-11(14)9-29)30-5-4-19(10-30,20(26,27)28)12-6-15(21)17(23)16(22)7-12/h2-3,6-8H,4-5,9-10,29H2,1H3. The Kier molecular flexibility index (Phi) is 6.24. The van der Waals surface area contributed by atoms with E-state index in [-0.39, 0.29) is 57.0 Å². The molecule has 0 spiro atoms. The Balaban J connectivity index is 2.05. The van der Waals surface area contributed by atoms with Gasteiger partial charge in [-0.15, -0.1) is 0 Å². The third-order valence-electron chi connectivity index (χ3n) is 5.50. The van der Waals surface area contributed by atoms with Crippen LogP contribution in [0.4, 0.5) is 27.6 Å². The zero-order valence-electron chi connectivity index (χ0n) is 15.8. The van der Waals surface area contributed by atoms with Gasteiger partial charge in [-0.1, -0.05) is 40.9 Å². The van der Waals surface area contributed by atoms with Crippen molar-refractivity contribution in [1.82, 2.24) is 0 Å². The summed E-state index contributed by atoms with van der Waals surface area (Å²) < 4.78 is 70.8. The van der Waals surface area contributed by atoms with Gasteiger partial charge in [0.25, 0.3) is 5.92 Å². The molecule has 0 bridgehead atoms. The SMILES string of the molecule is CC(F)(F)c1cc(N2CCC(c3cc(Cl)c(Cl)c(Cl)c3)(C(F)(F)F)C2)ccc1CN. The molecule has 1 unspecified atom stereocenters. The van der Waals surface area contributed by atoms with E-state index in [1.54, 1.807) is 0 Å². The van der Waals surface area contributed by atoms with Crippen LogP contribution in [-0.4, -0.2) is 19.3 Å². The maximum atomic E-state index is 14.3. The quantitative estimate of drug-likeness (QED) is 0.374. The normalized spacial score (nSPS) is 20.1. The first-order valence-corrected chi connectivity index (χ1v) is 10.1. The fraction of sp³-hybridized carbons (Fsp3) is 0.400. The van der Waals surface area contributed by atoms with Crippen LogP contribution in [0.25, 0.3) is 0 Å². The molecule has 1 heterocycles. The molecule has 0 aromatic heterocycles. The average molecular weight is 488 g/mol. The molecule has 2 aromatic rings. The number of nitrogens with two attached hydrogens (primary N) is 1. The van der Waals surface area contributed by atoms with E-state index in [9.17, 15) is 22.0 Å². The van der Waals surface area contributed by atoms with Crippen molar-refractivity contribution in [3.05, 3.63) is 62.1 Å². The van der Waals surface area contributed by atoms with Crippen LogP contribution >= 0.6 is 34.8 Å². The number of hydrogen-bond donors (Lipinski definition) is 1. The molecule has 1 fully saturated rings. The zero-order chi connectivity index (χ0) is 22.5. The van der Waals surface area contributed by atoms with Crippen molar-refractivity contribution in [2.24, 2.45) is 5.73 Å². The molecule has 0 amide bonds. The molecular formula is C20H18Cl3F5N2. The Morgan fingerprint density at radius 1 is 1.03 bits per heavy atom. The maximum Gasteiger partial charge on any atom is 0.400 e. The Morgan fingerprint density at radius 2 is 1.63 bits per heavy atom. The molecule has 3 rings (SSSR count). The molecule has 1 aliphatic rings. The van der Waals surface area contributed by atoms with Gasteiger partial charge in [0.1, 0.15) is 5.41 Å². The predicted molar refractivity (Wildman–Crippen MR) is 110 cm³/mol. The van der Waals surface area contributed by atoms with Crippen LogP contribution < -0.4 is 10.6 Å². The molecule has 2 N–H and O–H groups in total. The topological polar surface area (TPSA) is 29.3 Å². The summed E-state index contributed by atoms with van der Waals surface area (Å²) in [5, 5.41) is -0.190. The van der Waals surface area contributed by atoms with Crippen LogP contribution in [0.5, 0.6) is 0 Å². The minimum atomic E-state index is -4.63. The van der Waals surface area contributed by atoms with Gasteiger partial charge >= 0.3 is 6.18 Å². The third-order valence-corrected chi connectivity index (χ3v) is 6.70. The van der Waals surface area contributed by atoms with Crippen LogP contribution in [0, 0.1) is 0 Å². The van der Waals surface area contributed by atoms with Gasteiger partial charge in [-0.05, 0) is 41.8 Å². The highest BCUT2D eigenvalue weighted by molar-refractivity contribution is 6.48. The minimum absolute atomic E-state index is 0.00801. The van der Waals surface area contributed by atoms with Gasteiger partial charge in [0.15, 0.2) is 0 Å². The Hall–Kier alpha value is -1.28. The molecule has 164 valence electrons. The van der Waals surface area contributed by atoms with Crippen molar-refractivity contribution in [2.75, 3.05) is 18.0 Å². The number of nitrogens with zero attached hydrogens (tertiary/aromatic N) is 1. The number of rotatable bonds is 4. The van der Waals surface area contributed by atoms with E-state index in [0.717, 1.165) is 19.1 Å². The highest BCUT2D eigenvalue weighted by Gasteiger charge is 2.59. The fourth-order valence-corrected chi connectivity index (χ4v) is 4.44. The number of anilines is 1. The molecule has 0 aliphatic carbocycles. The largest absolute Gasteiger partial charge is 0.400 e. The summed E-state index contributed by atoms with van der Waals surface area (Å²) in [7, 11) is 0. The van der Waals surface area contributed by atoms with Crippen molar-refractivity contribution in [3.63, 3.8) is 0 Å². The van der Waals surface area contributed by atoms with Crippen molar-refractivity contribution in [3.8, 4) is 0 Å². The van der Waals surface area contributed by atoms with Crippen LogP contribution in [0.3, 0.4) is 0 Å². The molecule has 1 aliphatic heterocycles. The first-order chi connectivity index (χ1) is 13.8. The fourth-order valence-electron chi connectivity index (χ4n) is 3.84. The van der Waals surface area contributed by atoms with Crippen molar-refractivity contribution < 1.29 is 22.0 Å². The smallest absolute Gasteiger partial charge is 0.370 e. The molecule has 1 atom stereocenters. The minimum Gasteiger partial charge on any atom is -0.370 e. The molecule has 2 nitrogen and oxygen atoms in total. The summed E-state index contributed by atoms with van der Waals surface area (Å²) >= 11 is 17.8. The van der Waals surface area contributed by atoms with E-state index in [0.29, 0.717) is 0 Å². The van der Waals surface area contributed by atoms with Gasteiger partial charge in [0.2, 0.25) is 0 Å². The van der Waals surface area contributed by atoms with E-state index < -0.39 is 24.1 Å². The lowest BCUT2D eigenvalue weighted by atomic mass is 9.79. The zero-order valence-corrected chi connectivity index (χ0v) is 18.0. The summed E-state index contributed by atoms with van der Waals surface area (Å²) in [6.07, 6.45) is -4.92. The van der Waals surface area contributed by atoms with Crippen molar-refractivity contribution in [2.45, 2.75) is 37.4 Å². The second kappa shape index (κ2) is 8.01. The number of halogens is 8. The molecule has 1 saturated heterocycles. The molecular weight excluding hydrogens is 470 g/mol. The van der Waals surface area contributed by atoms with Gasteiger partial charge < -0.3 is 10.6 Å². The van der Waals surface area contributed by atoms with E-state index >= 15 is 0 Å². The van der Waals surface area contributed by atoms with Crippen molar-refractivity contribution in [1.29, 1.82) is 0 Å². The van der Waals surface area contributed by atoms with Crippen LogP contribution in [0.2, 0.25) is 15.1 Å². The van der Waals surface area contributed by atoms with Gasteiger partial charge in [-0.25, -0.2) is 8.78 Å². The molecule has 10 heteroatoms. The van der Waals surface area contributed by atoms with Gasteiger partial charge in [0, 0.05) is 37.8 Å². The molecule has 0 saturated carbocycles. The summed E-state index contributed by atoms with van der Waals surface area (Å²) in [6.45, 7) is 0.163. The number of alkyl halides is 5. The van der Waals surface area contributed by atoms with Crippen LogP contribution in [0.1, 0.15) is 30.0 Å². The van der Waals surface area contributed by atoms with Crippen LogP contribution in [-0.2, 0) is 17.9 Å². The molecule has 30 heavy (non-hydrogen) atoms. The average Bonchev–Trinajstić information content (AvgIpc) is 3.11. The number of benzene rings is 2. The lowest BCUT2D eigenvalue weighted by molar-refractivity contribution is -0.184.